The lowest BCUT2D eigenvalue weighted by molar-refractivity contribution is -0.385. The normalized spacial score (nSPS) is 29.0. The predicted molar refractivity (Wildman–Crippen MR) is 85.5 cm³/mol. The lowest BCUT2D eigenvalue weighted by atomic mass is 10.1. The van der Waals surface area contributed by atoms with Crippen LogP contribution in [0.3, 0.4) is 0 Å². The molecule has 2 saturated heterocycles. The summed E-state index contributed by atoms with van der Waals surface area (Å²) in [6.45, 7) is 7.95. The minimum Gasteiger partial charge on any atom is -0.373 e. The zero-order valence-corrected chi connectivity index (χ0v) is 13.6. The Balaban J connectivity index is 1.66. The summed E-state index contributed by atoms with van der Waals surface area (Å²) in [4.78, 5) is 23.2. The smallest absolute Gasteiger partial charge is 0.305 e. The van der Waals surface area contributed by atoms with E-state index in [2.05, 4.69) is 33.6 Å². The molecule has 0 aromatic carbocycles. The van der Waals surface area contributed by atoms with Crippen molar-refractivity contribution in [3.05, 3.63) is 22.5 Å². The van der Waals surface area contributed by atoms with Gasteiger partial charge in [0.2, 0.25) is 5.95 Å². The molecule has 3 heterocycles. The number of hydrogen-bond donors (Lipinski definition) is 0. The molecule has 0 aliphatic carbocycles. The molecule has 3 atom stereocenters. The van der Waals surface area contributed by atoms with Crippen molar-refractivity contribution in [2.45, 2.75) is 44.9 Å². The minimum atomic E-state index is -0.470. The van der Waals surface area contributed by atoms with Gasteiger partial charge in [0, 0.05) is 32.2 Å². The first-order valence-electron chi connectivity index (χ1n) is 8.14. The Morgan fingerprint density at radius 1 is 1.30 bits per heavy atom. The van der Waals surface area contributed by atoms with Crippen LogP contribution < -0.4 is 4.90 Å². The van der Waals surface area contributed by atoms with Gasteiger partial charge in [-0.1, -0.05) is 0 Å². The van der Waals surface area contributed by atoms with Crippen molar-refractivity contribution in [2.24, 2.45) is 0 Å². The van der Waals surface area contributed by atoms with Crippen molar-refractivity contribution < 1.29 is 9.66 Å². The number of aromatic nitrogens is 2. The van der Waals surface area contributed by atoms with Gasteiger partial charge in [0.25, 0.3) is 0 Å². The first-order valence-corrected chi connectivity index (χ1v) is 8.14. The second kappa shape index (κ2) is 6.76. The maximum absolute atomic E-state index is 10.7. The first-order chi connectivity index (χ1) is 11.0. The van der Waals surface area contributed by atoms with E-state index in [1.807, 2.05) is 0 Å². The van der Waals surface area contributed by atoms with E-state index in [1.54, 1.807) is 0 Å². The molecule has 2 aliphatic rings. The highest BCUT2D eigenvalue weighted by Gasteiger charge is 2.31. The van der Waals surface area contributed by atoms with Gasteiger partial charge in [-0.25, -0.2) is 9.97 Å². The summed E-state index contributed by atoms with van der Waals surface area (Å²) in [6, 6.07) is 0.356. The molecule has 2 fully saturated rings. The number of nitrogens with zero attached hydrogens (tertiary/aromatic N) is 5. The molecular weight excluding hydrogens is 298 g/mol. The van der Waals surface area contributed by atoms with Crippen LogP contribution >= 0.6 is 0 Å². The fourth-order valence-electron chi connectivity index (χ4n) is 3.58. The highest BCUT2D eigenvalue weighted by atomic mass is 16.6. The third kappa shape index (κ3) is 3.76. The number of nitro groups is 1. The molecule has 0 spiro atoms. The van der Waals surface area contributed by atoms with Gasteiger partial charge in [-0.15, -0.1) is 0 Å². The number of rotatable bonds is 4. The molecule has 8 heteroatoms. The molecular formula is C15H23N5O3. The average Bonchev–Trinajstić information content (AvgIpc) is 2.94. The monoisotopic (exact) mass is 321 g/mol. The van der Waals surface area contributed by atoms with E-state index in [0.29, 0.717) is 12.0 Å². The van der Waals surface area contributed by atoms with E-state index in [1.165, 1.54) is 12.4 Å². The van der Waals surface area contributed by atoms with E-state index >= 15 is 0 Å². The third-order valence-electron chi connectivity index (χ3n) is 4.43. The van der Waals surface area contributed by atoms with Gasteiger partial charge in [-0.05, 0) is 26.7 Å². The number of morpholine rings is 1. The number of hydrogen-bond acceptors (Lipinski definition) is 7. The molecule has 0 N–H and O–H groups in total. The largest absolute Gasteiger partial charge is 0.373 e. The molecule has 126 valence electrons. The fraction of sp³-hybridized carbons (Fsp3) is 0.733. The Kier molecular flexibility index (Phi) is 4.72. The molecule has 3 unspecified atom stereocenters. The van der Waals surface area contributed by atoms with Gasteiger partial charge in [-0.2, -0.15) is 0 Å². The van der Waals surface area contributed by atoms with Crippen LogP contribution in [0.1, 0.15) is 26.7 Å². The van der Waals surface area contributed by atoms with Gasteiger partial charge < -0.3 is 9.64 Å². The Labute approximate surface area is 135 Å². The minimum absolute atomic E-state index is 0.0691. The summed E-state index contributed by atoms with van der Waals surface area (Å²) in [5.41, 5.74) is -0.0691. The highest BCUT2D eigenvalue weighted by Crippen LogP contribution is 2.24. The summed E-state index contributed by atoms with van der Waals surface area (Å²) < 4.78 is 5.78. The molecule has 2 aliphatic heterocycles. The van der Waals surface area contributed by atoms with Gasteiger partial charge in [0.15, 0.2) is 0 Å². The molecule has 0 saturated carbocycles. The second-order valence-electron chi connectivity index (χ2n) is 6.46. The first kappa shape index (κ1) is 16.1. The Bertz CT molecular complexity index is 543. The van der Waals surface area contributed by atoms with Crippen molar-refractivity contribution in [1.82, 2.24) is 14.9 Å². The zero-order valence-electron chi connectivity index (χ0n) is 13.6. The summed E-state index contributed by atoms with van der Waals surface area (Å²) >= 11 is 0. The van der Waals surface area contributed by atoms with Crippen molar-refractivity contribution in [3.8, 4) is 0 Å². The number of ether oxygens (including phenoxy) is 1. The van der Waals surface area contributed by atoms with Crippen LogP contribution in [-0.2, 0) is 4.74 Å². The van der Waals surface area contributed by atoms with Crippen molar-refractivity contribution in [2.75, 3.05) is 31.1 Å². The van der Waals surface area contributed by atoms with Crippen LogP contribution in [0.2, 0.25) is 0 Å². The van der Waals surface area contributed by atoms with Crippen LogP contribution in [0.15, 0.2) is 12.4 Å². The number of anilines is 1. The van der Waals surface area contributed by atoms with Crippen molar-refractivity contribution in [3.63, 3.8) is 0 Å². The molecule has 0 amide bonds. The summed E-state index contributed by atoms with van der Waals surface area (Å²) in [7, 11) is 0. The third-order valence-corrected chi connectivity index (χ3v) is 4.43. The van der Waals surface area contributed by atoms with E-state index in [4.69, 9.17) is 4.74 Å². The Hall–Kier alpha value is -1.80. The summed E-state index contributed by atoms with van der Waals surface area (Å²) in [5, 5.41) is 10.7. The Morgan fingerprint density at radius 2 is 1.96 bits per heavy atom. The standard InChI is InChI=1S/C15H23N5O3/c1-11-8-18(9-12(2)23-11)10-13-4-3-5-19(13)15-16-6-14(7-17-15)20(21)22/h6-7,11-13H,3-5,8-10H2,1-2H3. The molecule has 8 nitrogen and oxygen atoms in total. The van der Waals surface area contributed by atoms with Gasteiger partial charge in [-0.3, -0.25) is 15.0 Å². The molecule has 1 aromatic heterocycles. The molecule has 0 radical (unpaired) electrons. The van der Waals surface area contributed by atoms with E-state index in [-0.39, 0.29) is 17.9 Å². The van der Waals surface area contributed by atoms with E-state index in [0.717, 1.165) is 39.0 Å². The second-order valence-corrected chi connectivity index (χ2v) is 6.46. The van der Waals surface area contributed by atoms with Crippen molar-refractivity contribution >= 4 is 11.6 Å². The lowest BCUT2D eigenvalue weighted by Gasteiger charge is -2.38. The van der Waals surface area contributed by atoms with Crippen LogP contribution in [0, 0.1) is 10.1 Å². The summed E-state index contributed by atoms with van der Waals surface area (Å²) in [6.07, 6.45) is 5.28. The molecule has 0 bridgehead atoms. The topological polar surface area (TPSA) is 84.6 Å². The maximum atomic E-state index is 10.7. The van der Waals surface area contributed by atoms with Crippen LogP contribution in [-0.4, -0.2) is 64.2 Å². The maximum Gasteiger partial charge on any atom is 0.305 e. The van der Waals surface area contributed by atoms with Gasteiger partial charge >= 0.3 is 5.69 Å². The van der Waals surface area contributed by atoms with Gasteiger partial charge in [0.1, 0.15) is 12.4 Å². The lowest BCUT2D eigenvalue weighted by Crippen LogP contribution is -2.50. The van der Waals surface area contributed by atoms with Crippen LogP contribution in [0.25, 0.3) is 0 Å². The molecule has 1 aromatic rings. The predicted octanol–water partition coefficient (Wildman–Crippen LogP) is 1.46. The molecule has 23 heavy (non-hydrogen) atoms. The molecule has 3 rings (SSSR count). The zero-order chi connectivity index (χ0) is 16.4. The highest BCUT2D eigenvalue weighted by molar-refractivity contribution is 5.36. The average molecular weight is 321 g/mol. The fourth-order valence-corrected chi connectivity index (χ4v) is 3.58. The Morgan fingerprint density at radius 3 is 2.57 bits per heavy atom. The van der Waals surface area contributed by atoms with Crippen LogP contribution in [0.4, 0.5) is 11.6 Å². The van der Waals surface area contributed by atoms with Crippen molar-refractivity contribution in [1.29, 1.82) is 0 Å². The SMILES string of the molecule is CC1CN(CC2CCCN2c2ncc([N+](=O)[O-])cn2)CC(C)O1. The van der Waals surface area contributed by atoms with E-state index in [9.17, 15) is 10.1 Å². The van der Waals surface area contributed by atoms with Gasteiger partial charge in [0.05, 0.1) is 17.1 Å². The van der Waals surface area contributed by atoms with Crippen LogP contribution in [0.5, 0.6) is 0 Å². The summed E-state index contributed by atoms with van der Waals surface area (Å²) in [5.74, 6) is 0.590. The quantitative estimate of drug-likeness (QED) is 0.613. The van der Waals surface area contributed by atoms with E-state index < -0.39 is 4.92 Å².